The van der Waals surface area contributed by atoms with Gasteiger partial charge in [0.1, 0.15) is 0 Å². The van der Waals surface area contributed by atoms with Crippen LogP contribution in [-0.2, 0) is 0 Å². The highest BCUT2D eigenvalue weighted by molar-refractivity contribution is 5.78. The molecule has 0 heterocycles. The molecule has 1 saturated carbocycles. The summed E-state index contributed by atoms with van der Waals surface area (Å²) >= 11 is 0. The number of para-hydroxylation sites is 1. The Kier molecular flexibility index (Phi) is 6.52. The first kappa shape index (κ1) is 16.6. The number of aliphatic imine (C=N–C) groups is 1. The zero-order valence-corrected chi connectivity index (χ0v) is 13.4. The summed E-state index contributed by atoms with van der Waals surface area (Å²) in [6.45, 7) is 1.68. The zero-order valence-electron chi connectivity index (χ0n) is 13.4. The summed E-state index contributed by atoms with van der Waals surface area (Å²) in [4.78, 5) is 6.62. The Morgan fingerprint density at radius 3 is 2.64 bits per heavy atom. The lowest BCUT2D eigenvalue weighted by atomic mass is 9.93. The number of guanidine groups is 1. The number of nitrogens with one attached hydrogen (secondary N) is 1. The minimum absolute atomic E-state index is 0.135. The van der Waals surface area contributed by atoms with Gasteiger partial charge in [0.05, 0.1) is 6.10 Å². The molecule has 2 rings (SSSR count). The molecule has 0 amide bonds. The summed E-state index contributed by atoms with van der Waals surface area (Å²) in [5.74, 6) is 0.531. The van der Waals surface area contributed by atoms with Crippen LogP contribution in [0.15, 0.2) is 35.3 Å². The van der Waals surface area contributed by atoms with Gasteiger partial charge in [0.2, 0.25) is 0 Å². The lowest BCUT2D eigenvalue weighted by molar-refractivity contribution is 0.120. The van der Waals surface area contributed by atoms with Gasteiger partial charge in [-0.3, -0.25) is 4.99 Å². The number of rotatable bonds is 6. The molecule has 5 nitrogen and oxygen atoms in total. The molecule has 0 aromatic heterocycles. The molecule has 1 aromatic carbocycles. The van der Waals surface area contributed by atoms with Crippen LogP contribution in [-0.4, -0.2) is 43.3 Å². The average molecular weight is 304 g/mol. The average Bonchev–Trinajstić information content (AvgIpc) is 2.54. The Balaban J connectivity index is 1.64. The van der Waals surface area contributed by atoms with Crippen molar-refractivity contribution >= 4 is 11.6 Å². The number of anilines is 1. The highest BCUT2D eigenvalue weighted by Crippen LogP contribution is 2.18. The maximum atomic E-state index is 9.49. The van der Waals surface area contributed by atoms with E-state index < -0.39 is 0 Å². The fraction of sp³-hybridized carbons (Fsp3) is 0.588. The van der Waals surface area contributed by atoms with Crippen molar-refractivity contribution in [2.45, 2.75) is 44.2 Å². The van der Waals surface area contributed by atoms with Crippen molar-refractivity contribution in [3.8, 4) is 0 Å². The van der Waals surface area contributed by atoms with Gasteiger partial charge >= 0.3 is 0 Å². The standard InChI is InChI=1S/C17H28N4O/c1-21(15-6-3-2-4-7-15)13-5-12-19-17(18)20-14-8-10-16(22)11-9-14/h2-4,6-7,14,16,22H,5,8-13H2,1H3,(H3,18,19,20). The fourth-order valence-corrected chi connectivity index (χ4v) is 2.79. The number of hydrogen-bond donors (Lipinski definition) is 3. The number of benzene rings is 1. The van der Waals surface area contributed by atoms with E-state index in [1.165, 1.54) is 5.69 Å². The Hall–Kier alpha value is -1.75. The summed E-state index contributed by atoms with van der Waals surface area (Å²) in [6.07, 6.45) is 4.48. The van der Waals surface area contributed by atoms with Crippen molar-refractivity contribution in [1.82, 2.24) is 5.32 Å². The third kappa shape index (κ3) is 5.56. The van der Waals surface area contributed by atoms with Gasteiger partial charge in [-0.2, -0.15) is 0 Å². The molecule has 0 saturated heterocycles. The molecule has 4 N–H and O–H groups in total. The lowest BCUT2D eigenvalue weighted by Gasteiger charge is -2.26. The smallest absolute Gasteiger partial charge is 0.188 e. The predicted molar refractivity (Wildman–Crippen MR) is 92.2 cm³/mol. The molecular weight excluding hydrogens is 276 g/mol. The van der Waals surface area contributed by atoms with E-state index in [0.29, 0.717) is 12.0 Å². The normalized spacial score (nSPS) is 22.4. The number of nitrogens with zero attached hydrogens (tertiary/aromatic N) is 2. The number of hydrogen-bond acceptors (Lipinski definition) is 3. The van der Waals surface area contributed by atoms with E-state index in [1.54, 1.807) is 0 Å². The van der Waals surface area contributed by atoms with Crippen molar-refractivity contribution in [3.05, 3.63) is 30.3 Å². The minimum atomic E-state index is -0.135. The van der Waals surface area contributed by atoms with E-state index >= 15 is 0 Å². The van der Waals surface area contributed by atoms with E-state index in [0.717, 1.165) is 45.2 Å². The second kappa shape index (κ2) is 8.63. The summed E-state index contributed by atoms with van der Waals surface area (Å²) < 4.78 is 0. The molecule has 0 aliphatic heterocycles. The van der Waals surface area contributed by atoms with E-state index in [-0.39, 0.29) is 6.10 Å². The quantitative estimate of drug-likeness (QED) is 0.425. The second-order valence-corrected chi connectivity index (χ2v) is 6.03. The SMILES string of the molecule is CN(CCCN=C(N)NC1CCC(O)CC1)c1ccccc1. The molecule has 0 atom stereocenters. The highest BCUT2D eigenvalue weighted by atomic mass is 16.3. The topological polar surface area (TPSA) is 73.9 Å². The first-order chi connectivity index (χ1) is 10.6. The Morgan fingerprint density at radius 1 is 1.27 bits per heavy atom. The summed E-state index contributed by atoms with van der Waals surface area (Å²) in [5, 5.41) is 12.7. The molecule has 1 aliphatic carbocycles. The van der Waals surface area contributed by atoms with Gasteiger partial charge in [-0.25, -0.2) is 0 Å². The van der Waals surface area contributed by atoms with E-state index in [2.05, 4.69) is 34.4 Å². The van der Waals surface area contributed by atoms with Crippen molar-refractivity contribution in [1.29, 1.82) is 0 Å². The van der Waals surface area contributed by atoms with Gasteiger partial charge in [0, 0.05) is 31.9 Å². The predicted octanol–water partition coefficient (Wildman–Crippen LogP) is 1.72. The molecular formula is C17H28N4O. The minimum Gasteiger partial charge on any atom is -0.393 e. The third-order valence-electron chi connectivity index (χ3n) is 4.18. The molecule has 1 aromatic rings. The summed E-state index contributed by atoms with van der Waals surface area (Å²) in [7, 11) is 2.09. The molecule has 122 valence electrons. The summed E-state index contributed by atoms with van der Waals surface area (Å²) in [6, 6.07) is 10.7. The second-order valence-electron chi connectivity index (χ2n) is 6.03. The van der Waals surface area contributed by atoms with Crippen LogP contribution in [0.2, 0.25) is 0 Å². The lowest BCUT2D eigenvalue weighted by Crippen LogP contribution is -2.42. The largest absolute Gasteiger partial charge is 0.393 e. The number of nitrogens with two attached hydrogens (primary N) is 1. The van der Waals surface area contributed by atoms with Crippen LogP contribution in [0.1, 0.15) is 32.1 Å². The van der Waals surface area contributed by atoms with Gasteiger partial charge in [0.25, 0.3) is 0 Å². The molecule has 0 bridgehead atoms. The van der Waals surface area contributed by atoms with Crippen LogP contribution in [0.3, 0.4) is 0 Å². The Morgan fingerprint density at radius 2 is 1.95 bits per heavy atom. The molecule has 0 radical (unpaired) electrons. The van der Waals surface area contributed by atoms with Crippen LogP contribution in [0.4, 0.5) is 5.69 Å². The van der Waals surface area contributed by atoms with Crippen LogP contribution < -0.4 is 16.0 Å². The Bertz CT molecular complexity index is 455. The zero-order chi connectivity index (χ0) is 15.8. The van der Waals surface area contributed by atoms with Crippen molar-refractivity contribution in [2.75, 3.05) is 25.0 Å². The van der Waals surface area contributed by atoms with Crippen LogP contribution in [0.5, 0.6) is 0 Å². The number of aliphatic hydroxyl groups is 1. The highest BCUT2D eigenvalue weighted by Gasteiger charge is 2.19. The van der Waals surface area contributed by atoms with Crippen LogP contribution >= 0.6 is 0 Å². The monoisotopic (exact) mass is 304 g/mol. The van der Waals surface area contributed by atoms with Crippen molar-refractivity contribution in [3.63, 3.8) is 0 Å². The summed E-state index contributed by atoms with van der Waals surface area (Å²) in [5.41, 5.74) is 7.15. The van der Waals surface area contributed by atoms with Gasteiger partial charge in [-0.05, 0) is 44.2 Å². The van der Waals surface area contributed by atoms with Crippen molar-refractivity contribution < 1.29 is 5.11 Å². The van der Waals surface area contributed by atoms with Gasteiger partial charge < -0.3 is 21.1 Å². The molecule has 1 fully saturated rings. The van der Waals surface area contributed by atoms with Gasteiger partial charge in [-0.15, -0.1) is 0 Å². The molecule has 0 spiro atoms. The maximum absolute atomic E-state index is 9.49. The third-order valence-corrected chi connectivity index (χ3v) is 4.18. The molecule has 5 heteroatoms. The molecule has 0 unspecified atom stereocenters. The van der Waals surface area contributed by atoms with Crippen LogP contribution in [0.25, 0.3) is 0 Å². The van der Waals surface area contributed by atoms with E-state index in [1.807, 2.05) is 18.2 Å². The first-order valence-electron chi connectivity index (χ1n) is 8.16. The first-order valence-corrected chi connectivity index (χ1v) is 8.16. The Labute approximate surface area is 133 Å². The van der Waals surface area contributed by atoms with Crippen LogP contribution in [0, 0.1) is 0 Å². The van der Waals surface area contributed by atoms with Gasteiger partial charge in [-0.1, -0.05) is 18.2 Å². The van der Waals surface area contributed by atoms with Gasteiger partial charge in [0.15, 0.2) is 5.96 Å². The maximum Gasteiger partial charge on any atom is 0.188 e. The fourth-order valence-electron chi connectivity index (χ4n) is 2.79. The molecule has 1 aliphatic rings. The number of aliphatic hydroxyl groups excluding tert-OH is 1. The van der Waals surface area contributed by atoms with E-state index in [4.69, 9.17) is 5.73 Å². The molecule has 22 heavy (non-hydrogen) atoms. The van der Waals surface area contributed by atoms with Crippen molar-refractivity contribution in [2.24, 2.45) is 10.7 Å². The van der Waals surface area contributed by atoms with E-state index in [9.17, 15) is 5.11 Å².